The molecule has 3 aromatic carbocycles. The van der Waals surface area contributed by atoms with Crippen LogP contribution >= 0.6 is 0 Å². The number of hydrogen-bond acceptors (Lipinski definition) is 4. The fourth-order valence-corrected chi connectivity index (χ4v) is 4.06. The standard InChI is InChI=1S/C30H35N3O4/c1-7-21-11-10-14-24(17-21)27(28(35)32-25-16-15-22-12-8-9-13-23(22)18-25)33(20(2)3)26(34)19-31-29(36)37-30(4,5)6/h7-18,20,27H,1,19H2,2-6H3,(H,31,36)(H,32,35). The number of hydrogen-bond donors (Lipinski definition) is 2. The van der Waals surface area contributed by atoms with Gasteiger partial charge in [-0.05, 0) is 74.7 Å². The summed E-state index contributed by atoms with van der Waals surface area (Å²) in [6, 6.07) is 19.6. The van der Waals surface area contributed by atoms with E-state index >= 15 is 0 Å². The van der Waals surface area contributed by atoms with E-state index in [1.165, 1.54) is 4.90 Å². The molecule has 0 aromatic heterocycles. The van der Waals surface area contributed by atoms with E-state index in [0.29, 0.717) is 11.3 Å². The number of carbonyl (C=O) groups excluding carboxylic acids is 3. The lowest BCUT2D eigenvalue weighted by Gasteiger charge is -2.35. The zero-order chi connectivity index (χ0) is 27.2. The molecule has 7 nitrogen and oxygen atoms in total. The van der Waals surface area contributed by atoms with Crippen molar-refractivity contribution in [3.05, 3.63) is 84.4 Å². The Morgan fingerprint density at radius 2 is 1.68 bits per heavy atom. The van der Waals surface area contributed by atoms with Crippen LogP contribution in [-0.2, 0) is 14.3 Å². The van der Waals surface area contributed by atoms with Crippen molar-refractivity contribution in [3.63, 3.8) is 0 Å². The van der Waals surface area contributed by atoms with Gasteiger partial charge in [0.05, 0.1) is 0 Å². The highest BCUT2D eigenvalue weighted by molar-refractivity contribution is 6.00. The molecule has 0 heterocycles. The summed E-state index contributed by atoms with van der Waals surface area (Å²) in [5, 5.41) is 7.55. The van der Waals surface area contributed by atoms with Crippen molar-refractivity contribution in [2.75, 3.05) is 11.9 Å². The molecule has 0 aliphatic carbocycles. The number of rotatable bonds is 8. The van der Waals surface area contributed by atoms with Crippen LogP contribution in [0.25, 0.3) is 16.8 Å². The van der Waals surface area contributed by atoms with Gasteiger partial charge < -0.3 is 20.3 Å². The molecule has 0 radical (unpaired) electrons. The zero-order valence-corrected chi connectivity index (χ0v) is 22.1. The number of benzene rings is 3. The first-order valence-electron chi connectivity index (χ1n) is 12.3. The molecule has 7 heteroatoms. The van der Waals surface area contributed by atoms with Crippen molar-refractivity contribution < 1.29 is 19.1 Å². The molecule has 0 saturated carbocycles. The van der Waals surface area contributed by atoms with Gasteiger partial charge in [-0.3, -0.25) is 9.59 Å². The highest BCUT2D eigenvalue weighted by Gasteiger charge is 2.34. The molecule has 1 atom stereocenters. The number of nitrogens with zero attached hydrogens (tertiary/aromatic N) is 1. The smallest absolute Gasteiger partial charge is 0.408 e. The molecule has 1 unspecified atom stereocenters. The van der Waals surface area contributed by atoms with Crippen molar-refractivity contribution in [1.82, 2.24) is 10.2 Å². The Balaban J connectivity index is 1.93. The number of alkyl carbamates (subject to hydrolysis) is 1. The lowest BCUT2D eigenvalue weighted by atomic mass is 9.99. The first-order chi connectivity index (χ1) is 17.5. The summed E-state index contributed by atoms with van der Waals surface area (Å²) >= 11 is 0. The van der Waals surface area contributed by atoms with E-state index in [1.54, 1.807) is 26.8 Å². The summed E-state index contributed by atoms with van der Waals surface area (Å²) in [6.07, 6.45) is 0.989. The van der Waals surface area contributed by atoms with Gasteiger partial charge in [0.25, 0.3) is 5.91 Å². The Kier molecular flexibility index (Phi) is 8.71. The molecule has 3 rings (SSSR count). The average Bonchev–Trinajstić information content (AvgIpc) is 2.84. The number of amides is 3. The lowest BCUT2D eigenvalue weighted by molar-refractivity contribution is -0.140. The predicted octanol–water partition coefficient (Wildman–Crippen LogP) is 5.92. The quantitative estimate of drug-likeness (QED) is 0.401. The zero-order valence-electron chi connectivity index (χ0n) is 22.1. The van der Waals surface area contributed by atoms with Gasteiger partial charge in [-0.25, -0.2) is 4.79 Å². The SMILES string of the molecule is C=Cc1cccc(C(C(=O)Nc2ccc3ccccc3c2)N(C(=O)CNC(=O)OC(C)(C)C)C(C)C)c1. The third-order valence-corrected chi connectivity index (χ3v) is 5.63. The lowest BCUT2D eigenvalue weighted by Crippen LogP contribution is -2.49. The summed E-state index contributed by atoms with van der Waals surface area (Å²) in [5.74, 6) is -0.778. The second kappa shape index (κ2) is 11.7. The second-order valence-electron chi connectivity index (χ2n) is 10.1. The number of fused-ring (bicyclic) bond motifs is 1. The summed E-state index contributed by atoms with van der Waals surface area (Å²) < 4.78 is 5.25. The van der Waals surface area contributed by atoms with Crippen LogP contribution in [-0.4, -0.2) is 41.0 Å². The van der Waals surface area contributed by atoms with Crippen LogP contribution in [0.15, 0.2) is 73.3 Å². The normalized spacial score (nSPS) is 12.1. The van der Waals surface area contributed by atoms with Crippen LogP contribution in [0.3, 0.4) is 0 Å². The molecule has 0 bridgehead atoms. The number of anilines is 1. The van der Waals surface area contributed by atoms with Crippen molar-refractivity contribution in [2.24, 2.45) is 0 Å². The van der Waals surface area contributed by atoms with Gasteiger partial charge in [-0.15, -0.1) is 0 Å². The minimum atomic E-state index is -0.945. The minimum Gasteiger partial charge on any atom is -0.444 e. The monoisotopic (exact) mass is 501 g/mol. The van der Waals surface area contributed by atoms with Crippen molar-refractivity contribution in [1.29, 1.82) is 0 Å². The molecule has 37 heavy (non-hydrogen) atoms. The molecule has 2 N–H and O–H groups in total. The molecule has 0 aliphatic rings. The van der Waals surface area contributed by atoms with Crippen molar-refractivity contribution in [3.8, 4) is 0 Å². The van der Waals surface area contributed by atoms with Crippen molar-refractivity contribution >= 4 is 40.4 Å². The maximum absolute atomic E-state index is 13.8. The summed E-state index contributed by atoms with van der Waals surface area (Å²) in [5.41, 5.74) is 1.38. The third-order valence-electron chi connectivity index (χ3n) is 5.63. The van der Waals surface area contributed by atoms with Crippen LogP contribution in [0.1, 0.15) is 51.8 Å². The molecular weight excluding hydrogens is 466 g/mol. The van der Waals surface area contributed by atoms with E-state index in [4.69, 9.17) is 4.74 Å². The van der Waals surface area contributed by atoms with Gasteiger partial charge in [-0.2, -0.15) is 0 Å². The summed E-state index contributed by atoms with van der Waals surface area (Å²) in [7, 11) is 0. The Morgan fingerprint density at radius 3 is 2.32 bits per heavy atom. The van der Waals surface area contributed by atoms with E-state index < -0.39 is 23.6 Å². The van der Waals surface area contributed by atoms with Crippen LogP contribution in [0, 0.1) is 0 Å². The fourth-order valence-electron chi connectivity index (χ4n) is 4.06. The van der Waals surface area contributed by atoms with Gasteiger partial charge in [-0.1, -0.05) is 61.2 Å². The highest BCUT2D eigenvalue weighted by Crippen LogP contribution is 2.27. The van der Waals surface area contributed by atoms with Gasteiger partial charge >= 0.3 is 6.09 Å². The Hall–Kier alpha value is -4.13. The van der Waals surface area contributed by atoms with E-state index in [2.05, 4.69) is 17.2 Å². The molecular formula is C30H35N3O4. The maximum atomic E-state index is 13.8. The van der Waals surface area contributed by atoms with Crippen molar-refractivity contribution in [2.45, 2.75) is 52.3 Å². The van der Waals surface area contributed by atoms with E-state index in [9.17, 15) is 14.4 Å². The molecule has 3 amide bonds. The topological polar surface area (TPSA) is 87.7 Å². The minimum absolute atomic E-state index is 0.312. The molecule has 3 aromatic rings. The Morgan fingerprint density at radius 1 is 0.973 bits per heavy atom. The van der Waals surface area contributed by atoms with Crippen LogP contribution in [0.4, 0.5) is 10.5 Å². The van der Waals surface area contributed by atoms with Crippen LogP contribution in [0.5, 0.6) is 0 Å². The van der Waals surface area contributed by atoms with E-state index in [-0.39, 0.29) is 18.5 Å². The molecule has 194 valence electrons. The maximum Gasteiger partial charge on any atom is 0.408 e. The van der Waals surface area contributed by atoms with E-state index in [0.717, 1.165) is 16.3 Å². The number of nitrogens with one attached hydrogen (secondary N) is 2. The van der Waals surface area contributed by atoms with Crippen LogP contribution < -0.4 is 10.6 Å². The van der Waals surface area contributed by atoms with E-state index in [1.807, 2.05) is 80.6 Å². The van der Waals surface area contributed by atoms with Crippen LogP contribution in [0.2, 0.25) is 0 Å². The highest BCUT2D eigenvalue weighted by atomic mass is 16.6. The Labute approximate surface area is 218 Å². The van der Waals surface area contributed by atoms with Gasteiger partial charge in [0.2, 0.25) is 5.91 Å². The average molecular weight is 502 g/mol. The number of carbonyl (C=O) groups is 3. The van der Waals surface area contributed by atoms with Gasteiger partial charge in [0, 0.05) is 11.7 Å². The first kappa shape index (κ1) is 27.5. The molecule has 0 fully saturated rings. The fraction of sp³-hybridized carbons (Fsp3) is 0.300. The first-order valence-corrected chi connectivity index (χ1v) is 12.3. The largest absolute Gasteiger partial charge is 0.444 e. The molecule has 0 saturated heterocycles. The van der Waals surface area contributed by atoms with Gasteiger partial charge in [0.15, 0.2) is 0 Å². The third kappa shape index (κ3) is 7.43. The van der Waals surface area contributed by atoms with Gasteiger partial charge in [0.1, 0.15) is 18.2 Å². The summed E-state index contributed by atoms with van der Waals surface area (Å²) in [4.78, 5) is 40.8. The second-order valence-corrected chi connectivity index (χ2v) is 10.1. The molecule has 0 spiro atoms. The molecule has 0 aliphatic heterocycles. The Bertz CT molecular complexity index is 1290. The predicted molar refractivity (Wildman–Crippen MR) is 148 cm³/mol. The number of ether oxygens (including phenoxy) is 1. The summed E-state index contributed by atoms with van der Waals surface area (Å²) in [6.45, 7) is 12.4.